The first-order valence-electron chi connectivity index (χ1n) is 6.72. The van der Waals surface area contributed by atoms with Crippen LogP contribution < -0.4 is 5.32 Å². The van der Waals surface area contributed by atoms with Crippen LogP contribution in [-0.4, -0.2) is 17.7 Å². The molecule has 3 heteroatoms. The van der Waals surface area contributed by atoms with Crippen LogP contribution in [0, 0.1) is 22.2 Å². The second-order valence-electron chi connectivity index (χ2n) is 6.53. The fourth-order valence-electron chi connectivity index (χ4n) is 2.83. The predicted molar refractivity (Wildman–Crippen MR) is 75.5 cm³/mol. The topological polar surface area (TPSA) is 56.0 Å². The molecule has 1 aliphatic carbocycles. The summed E-state index contributed by atoms with van der Waals surface area (Å²) in [6.45, 7) is 9.54. The zero-order chi connectivity index (χ0) is 14.3. The van der Waals surface area contributed by atoms with Crippen LogP contribution in [0.3, 0.4) is 0 Å². The zero-order valence-electron chi connectivity index (χ0n) is 12.1. The summed E-state index contributed by atoms with van der Waals surface area (Å²) in [5.41, 5.74) is 2.02. The molecule has 0 aliphatic heterocycles. The first kappa shape index (κ1) is 14.0. The van der Waals surface area contributed by atoms with Crippen molar-refractivity contribution < 1.29 is 5.11 Å². The summed E-state index contributed by atoms with van der Waals surface area (Å²) in [4.78, 5) is 0. The summed E-state index contributed by atoms with van der Waals surface area (Å²) >= 11 is 0. The number of nitriles is 1. The Balaban J connectivity index is 1.92. The number of hydrogen-bond donors (Lipinski definition) is 2. The van der Waals surface area contributed by atoms with Crippen LogP contribution in [0.25, 0.3) is 0 Å². The van der Waals surface area contributed by atoms with Crippen LogP contribution in [0.2, 0.25) is 0 Å². The molecule has 1 aromatic carbocycles. The lowest BCUT2D eigenvalue weighted by Crippen LogP contribution is -2.27. The molecule has 102 valence electrons. The van der Waals surface area contributed by atoms with Gasteiger partial charge in [-0.3, -0.25) is 0 Å². The predicted octanol–water partition coefficient (Wildman–Crippen LogP) is 2.62. The lowest BCUT2D eigenvalue weighted by Gasteiger charge is -2.13. The van der Waals surface area contributed by atoms with E-state index in [-0.39, 0.29) is 10.8 Å². The number of nitrogens with one attached hydrogen (secondary N) is 1. The van der Waals surface area contributed by atoms with Gasteiger partial charge in [0.15, 0.2) is 0 Å². The highest BCUT2D eigenvalue weighted by atomic mass is 16.3. The Morgan fingerprint density at radius 1 is 1.21 bits per heavy atom. The molecule has 1 fully saturated rings. The second-order valence-corrected chi connectivity index (χ2v) is 6.53. The summed E-state index contributed by atoms with van der Waals surface area (Å²) in [7, 11) is 0. The minimum absolute atomic E-state index is 0.275. The first-order chi connectivity index (χ1) is 8.80. The summed E-state index contributed by atoms with van der Waals surface area (Å²) in [5, 5.41) is 22.3. The molecule has 0 bridgehead atoms. The van der Waals surface area contributed by atoms with E-state index >= 15 is 0 Å². The van der Waals surface area contributed by atoms with Crippen LogP contribution in [-0.2, 0) is 0 Å². The molecule has 1 unspecified atom stereocenters. The molecule has 3 nitrogen and oxygen atoms in total. The standard InChI is InChI=1S/C16H22N2O/c1-15(2)14(16(15,3)4)18-10-13(19)12-7-5-11(9-17)6-8-12/h5-8,13-14,18-19H,10H2,1-4H3. The van der Waals surface area contributed by atoms with Gasteiger partial charge in [-0.15, -0.1) is 0 Å². The molecule has 1 atom stereocenters. The van der Waals surface area contributed by atoms with Gasteiger partial charge in [0.05, 0.1) is 17.7 Å². The molecule has 0 saturated heterocycles. The van der Waals surface area contributed by atoms with Gasteiger partial charge in [-0.1, -0.05) is 39.8 Å². The summed E-state index contributed by atoms with van der Waals surface area (Å²) in [5.74, 6) is 0. The fraction of sp³-hybridized carbons (Fsp3) is 0.562. The van der Waals surface area contributed by atoms with E-state index in [0.717, 1.165) is 5.56 Å². The average Bonchev–Trinajstić information content (AvgIpc) is 2.77. The molecule has 0 spiro atoms. The van der Waals surface area contributed by atoms with Crippen molar-refractivity contribution in [1.29, 1.82) is 5.26 Å². The van der Waals surface area contributed by atoms with Gasteiger partial charge in [-0.2, -0.15) is 5.26 Å². The second kappa shape index (κ2) is 4.63. The highest BCUT2D eigenvalue weighted by Crippen LogP contribution is 2.62. The maximum atomic E-state index is 10.2. The molecule has 0 aromatic heterocycles. The van der Waals surface area contributed by atoms with Crippen molar-refractivity contribution in [3.8, 4) is 6.07 Å². The van der Waals surface area contributed by atoms with E-state index in [1.54, 1.807) is 12.1 Å². The zero-order valence-corrected chi connectivity index (χ0v) is 12.1. The van der Waals surface area contributed by atoms with Crippen molar-refractivity contribution in [1.82, 2.24) is 5.32 Å². The minimum Gasteiger partial charge on any atom is -0.387 e. The van der Waals surface area contributed by atoms with Gasteiger partial charge in [0.1, 0.15) is 0 Å². The minimum atomic E-state index is -0.528. The molecule has 2 N–H and O–H groups in total. The van der Waals surface area contributed by atoms with Crippen LogP contribution in [0.15, 0.2) is 24.3 Å². The van der Waals surface area contributed by atoms with Crippen LogP contribution in [0.1, 0.15) is 44.9 Å². The molecular formula is C16H22N2O. The van der Waals surface area contributed by atoms with Gasteiger partial charge < -0.3 is 10.4 Å². The van der Waals surface area contributed by atoms with Crippen molar-refractivity contribution in [2.75, 3.05) is 6.54 Å². The van der Waals surface area contributed by atoms with Gasteiger partial charge in [0.2, 0.25) is 0 Å². The first-order valence-corrected chi connectivity index (χ1v) is 6.72. The van der Waals surface area contributed by atoms with E-state index in [4.69, 9.17) is 5.26 Å². The molecule has 1 saturated carbocycles. The van der Waals surface area contributed by atoms with E-state index in [0.29, 0.717) is 18.2 Å². The van der Waals surface area contributed by atoms with Crippen molar-refractivity contribution in [3.05, 3.63) is 35.4 Å². The van der Waals surface area contributed by atoms with E-state index in [1.165, 1.54) is 0 Å². The maximum Gasteiger partial charge on any atom is 0.0991 e. The Kier molecular flexibility index (Phi) is 3.42. The summed E-state index contributed by atoms with van der Waals surface area (Å²) in [6.07, 6.45) is -0.528. The molecule has 1 aromatic rings. The fourth-order valence-corrected chi connectivity index (χ4v) is 2.83. The Bertz CT molecular complexity index is 482. The Morgan fingerprint density at radius 2 is 1.74 bits per heavy atom. The largest absolute Gasteiger partial charge is 0.387 e. The third-order valence-electron chi connectivity index (χ3n) is 4.96. The highest BCUT2D eigenvalue weighted by molar-refractivity contribution is 5.32. The third-order valence-corrected chi connectivity index (χ3v) is 4.96. The van der Waals surface area contributed by atoms with Crippen LogP contribution in [0.4, 0.5) is 0 Å². The van der Waals surface area contributed by atoms with Crippen LogP contribution >= 0.6 is 0 Å². The number of aliphatic hydroxyl groups is 1. The van der Waals surface area contributed by atoms with Gasteiger partial charge in [0.25, 0.3) is 0 Å². The highest BCUT2D eigenvalue weighted by Gasteiger charge is 2.64. The Labute approximate surface area is 115 Å². The molecule has 0 radical (unpaired) electrons. The lowest BCUT2D eigenvalue weighted by molar-refractivity contribution is 0.172. The van der Waals surface area contributed by atoms with E-state index < -0.39 is 6.10 Å². The Morgan fingerprint density at radius 3 is 2.16 bits per heavy atom. The number of hydrogen-bond acceptors (Lipinski definition) is 3. The van der Waals surface area contributed by atoms with E-state index in [2.05, 4.69) is 39.1 Å². The monoisotopic (exact) mass is 258 g/mol. The third kappa shape index (κ3) is 2.39. The van der Waals surface area contributed by atoms with Gasteiger partial charge >= 0.3 is 0 Å². The van der Waals surface area contributed by atoms with Gasteiger partial charge in [-0.05, 0) is 28.5 Å². The molecular weight excluding hydrogens is 236 g/mol. The quantitative estimate of drug-likeness (QED) is 0.873. The molecule has 0 amide bonds. The van der Waals surface area contributed by atoms with Crippen molar-refractivity contribution in [2.45, 2.75) is 39.8 Å². The molecule has 1 aliphatic rings. The Hall–Kier alpha value is -1.37. The average molecular weight is 258 g/mol. The number of aliphatic hydroxyl groups excluding tert-OH is 1. The maximum absolute atomic E-state index is 10.2. The SMILES string of the molecule is CC1(C)C(NCC(O)c2ccc(C#N)cc2)C1(C)C. The molecule has 19 heavy (non-hydrogen) atoms. The van der Waals surface area contributed by atoms with Gasteiger partial charge in [-0.25, -0.2) is 0 Å². The number of rotatable bonds is 4. The smallest absolute Gasteiger partial charge is 0.0991 e. The number of nitrogens with zero attached hydrogens (tertiary/aromatic N) is 1. The van der Waals surface area contributed by atoms with Crippen molar-refractivity contribution in [2.24, 2.45) is 10.8 Å². The lowest BCUT2D eigenvalue weighted by atomic mass is 10.0. The van der Waals surface area contributed by atoms with Gasteiger partial charge in [0, 0.05) is 12.6 Å². The summed E-state index contributed by atoms with van der Waals surface area (Å²) in [6, 6.07) is 9.62. The van der Waals surface area contributed by atoms with E-state index in [1.807, 2.05) is 12.1 Å². The van der Waals surface area contributed by atoms with Crippen LogP contribution in [0.5, 0.6) is 0 Å². The summed E-state index contributed by atoms with van der Waals surface area (Å²) < 4.78 is 0. The number of benzene rings is 1. The van der Waals surface area contributed by atoms with E-state index in [9.17, 15) is 5.11 Å². The normalized spacial score (nSPS) is 21.7. The van der Waals surface area contributed by atoms with Crippen molar-refractivity contribution in [3.63, 3.8) is 0 Å². The molecule has 2 rings (SSSR count). The molecule has 0 heterocycles. The van der Waals surface area contributed by atoms with Crippen molar-refractivity contribution >= 4 is 0 Å².